The number of hydrogen-bond donors (Lipinski definition) is 1. The highest BCUT2D eigenvalue weighted by Gasteiger charge is 2.38. The minimum Gasteiger partial charge on any atom is -0.387 e. The molecule has 0 radical (unpaired) electrons. The van der Waals surface area contributed by atoms with Gasteiger partial charge in [-0.3, -0.25) is 4.90 Å². The van der Waals surface area contributed by atoms with E-state index < -0.39 is 24.6 Å². The predicted molar refractivity (Wildman–Crippen MR) is 62.0 cm³/mol. The van der Waals surface area contributed by atoms with E-state index in [-0.39, 0.29) is 12.6 Å². The third-order valence-electron chi connectivity index (χ3n) is 3.11. The second-order valence-electron chi connectivity index (χ2n) is 4.84. The van der Waals surface area contributed by atoms with Crippen LogP contribution >= 0.6 is 0 Å². The number of halogens is 4. The van der Waals surface area contributed by atoms with Crippen LogP contribution in [0.4, 0.5) is 17.6 Å². The average Bonchev–Trinajstić information content (AvgIpc) is 3.10. The summed E-state index contributed by atoms with van der Waals surface area (Å²) in [5, 5.41) is 9.92. The number of rotatable bonds is 5. The number of aliphatic hydroxyl groups excluding tert-OH is 1. The average molecular weight is 277 g/mol. The molecule has 1 aliphatic rings. The molecule has 0 amide bonds. The highest BCUT2D eigenvalue weighted by Crippen LogP contribution is 2.31. The predicted octanol–water partition coefficient (Wildman–Crippen LogP) is 2.89. The summed E-state index contributed by atoms with van der Waals surface area (Å²) in [6, 6.07) is 5.04. The van der Waals surface area contributed by atoms with Gasteiger partial charge >= 0.3 is 6.18 Å². The van der Waals surface area contributed by atoms with E-state index in [4.69, 9.17) is 0 Å². The van der Waals surface area contributed by atoms with Crippen LogP contribution in [0.25, 0.3) is 0 Å². The molecule has 1 aliphatic carbocycles. The van der Waals surface area contributed by atoms with Crippen LogP contribution in [0.3, 0.4) is 0 Å². The molecule has 2 nitrogen and oxygen atoms in total. The number of benzene rings is 1. The first-order valence-electron chi connectivity index (χ1n) is 6.09. The summed E-state index contributed by atoms with van der Waals surface area (Å²) in [6.45, 7) is -1.11. The van der Waals surface area contributed by atoms with E-state index in [0.29, 0.717) is 5.56 Å². The molecular weight excluding hydrogens is 262 g/mol. The van der Waals surface area contributed by atoms with Crippen molar-refractivity contribution in [3.05, 3.63) is 35.6 Å². The fourth-order valence-electron chi connectivity index (χ4n) is 2.03. The normalized spacial score (nSPS) is 17.8. The van der Waals surface area contributed by atoms with Crippen LogP contribution < -0.4 is 0 Å². The van der Waals surface area contributed by atoms with Crippen LogP contribution in [0, 0.1) is 5.82 Å². The Morgan fingerprint density at radius 1 is 1.21 bits per heavy atom. The highest BCUT2D eigenvalue weighted by atomic mass is 19.4. The third-order valence-corrected chi connectivity index (χ3v) is 3.11. The van der Waals surface area contributed by atoms with Crippen molar-refractivity contribution in [2.45, 2.75) is 31.2 Å². The van der Waals surface area contributed by atoms with Gasteiger partial charge in [0.1, 0.15) is 5.82 Å². The van der Waals surface area contributed by atoms with Crippen molar-refractivity contribution in [3.63, 3.8) is 0 Å². The summed E-state index contributed by atoms with van der Waals surface area (Å²) in [5.74, 6) is -0.440. The lowest BCUT2D eigenvalue weighted by Crippen LogP contribution is -2.38. The number of nitrogens with zero attached hydrogens (tertiary/aromatic N) is 1. The molecule has 1 saturated carbocycles. The number of hydrogen-bond acceptors (Lipinski definition) is 2. The largest absolute Gasteiger partial charge is 0.401 e. The van der Waals surface area contributed by atoms with Crippen LogP contribution in [-0.2, 0) is 0 Å². The first-order valence-corrected chi connectivity index (χ1v) is 6.09. The monoisotopic (exact) mass is 277 g/mol. The highest BCUT2D eigenvalue weighted by molar-refractivity contribution is 5.18. The van der Waals surface area contributed by atoms with Gasteiger partial charge in [0.2, 0.25) is 0 Å². The van der Waals surface area contributed by atoms with Crippen molar-refractivity contribution < 1.29 is 22.7 Å². The molecule has 0 unspecified atom stereocenters. The van der Waals surface area contributed by atoms with Crippen LogP contribution in [-0.4, -0.2) is 35.3 Å². The number of aliphatic hydroxyl groups is 1. The summed E-state index contributed by atoms with van der Waals surface area (Å²) in [5.41, 5.74) is 0.425. The van der Waals surface area contributed by atoms with Gasteiger partial charge in [-0.25, -0.2) is 4.39 Å². The standard InChI is InChI=1S/C13H15F4NO/c14-10-3-1-9(2-4-10)12(19)7-18(11-5-6-11)8-13(15,16)17/h1-4,11-12,19H,5-8H2/t12-/m0/s1. The second-order valence-corrected chi connectivity index (χ2v) is 4.84. The Morgan fingerprint density at radius 3 is 2.26 bits per heavy atom. The van der Waals surface area contributed by atoms with Crippen LogP contribution in [0.5, 0.6) is 0 Å². The maximum Gasteiger partial charge on any atom is 0.401 e. The fraction of sp³-hybridized carbons (Fsp3) is 0.538. The van der Waals surface area contributed by atoms with E-state index in [9.17, 15) is 22.7 Å². The molecule has 0 heterocycles. The number of alkyl halides is 3. The lowest BCUT2D eigenvalue weighted by molar-refractivity contribution is -0.149. The molecule has 0 spiro atoms. The molecule has 1 fully saturated rings. The van der Waals surface area contributed by atoms with E-state index in [1.165, 1.54) is 29.2 Å². The molecule has 0 bridgehead atoms. The van der Waals surface area contributed by atoms with Crippen molar-refractivity contribution in [1.29, 1.82) is 0 Å². The van der Waals surface area contributed by atoms with Crippen molar-refractivity contribution in [1.82, 2.24) is 4.90 Å². The van der Waals surface area contributed by atoms with Gasteiger partial charge in [0.25, 0.3) is 0 Å². The van der Waals surface area contributed by atoms with E-state index in [1.807, 2.05) is 0 Å². The minimum atomic E-state index is -4.27. The molecule has 1 aromatic rings. The van der Waals surface area contributed by atoms with Gasteiger partial charge in [-0.15, -0.1) is 0 Å². The third kappa shape index (κ3) is 4.47. The van der Waals surface area contributed by atoms with Gasteiger partial charge in [0.15, 0.2) is 0 Å². The van der Waals surface area contributed by atoms with Gasteiger partial charge in [-0.05, 0) is 30.5 Å². The molecule has 0 aromatic heterocycles. The summed E-state index contributed by atoms with van der Waals surface area (Å²) in [7, 11) is 0. The van der Waals surface area contributed by atoms with Gasteiger partial charge in [0, 0.05) is 12.6 Å². The van der Waals surface area contributed by atoms with Crippen molar-refractivity contribution in [3.8, 4) is 0 Å². The summed E-state index contributed by atoms with van der Waals surface area (Å²) >= 11 is 0. The molecule has 1 N–H and O–H groups in total. The Balaban J connectivity index is 1.98. The van der Waals surface area contributed by atoms with E-state index in [0.717, 1.165) is 12.8 Å². The maximum atomic E-state index is 12.7. The zero-order valence-electron chi connectivity index (χ0n) is 10.2. The van der Waals surface area contributed by atoms with Gasteiger partial charge in [0.05, 0.1) is 12.6 Å². The molecule has 0 aliphatic heterocycles. The fourth-order valence-corrected chi connectivity index (χ4v) is 2.03. The van der Waals surface area contributed by atoms with Gasteiger partial charge < -0.3 is 5.11 Å². The Hall–Kier alpha value is -1.14. The zero-order chi connectivity index (χ0) is 14.0. The Morgan fingerprint density at radius 2 is 1.79 bits per heavy atom. The first kappa shape index (κ1) is 14.3. The molecule has 106 valence electrons. The van der Waals surface area contributed by atoms with Crippen LogP contribution in [0.1, 0.15) is 24.5 Å². The molecule has 1 aromatic carbocycles. The Bertz CT molecular complexity index is 414. The van der Waals surface area contributed by atoms with E-state index >= 15 is 0 Å². The minimum absolute atomic E-state index is 0.0875. The van der Waals surface area contributed by atoms with Crippen molar-refractivity contribution >= 4 is 0 Å². The van der Waals surface area contributed by atoms with Gasteiger partial charge in [-0.2, -0.15) is 13.2 Å². The van der Waals surface area contributed by atoms with Crippen molar-refractivity contribution in [2.24, 2.45) is 0 Å². The Kier molecular flexibility index (Phi) is 4.10. The first-order chi connectivity index (χ1) is 8.85. The van der Waals surface area contributed by atoms with Crippen LogP contribution in [0.2, 0.25) is 0 Å². The lowest BCUT2D eigenvalue weighted by atomic mass is 10.1. The topological polar surface area (TPSA) is 23.5 Å². The Labute approximate surface area is 108 Å². The van der Waals surface area contributed by atoms with E-state index in [2.05, 4.69) is 0 Å². The summed E-state index contributed by atoms with van der Waals surface area (Å²) in [6.07, 6.45) is -3.85. The maximum absolute atomic E-state index is 12.7. The smallest absolute Gasteiger partial charge is 0.387 e. The molecule has 19 heavy (non-hydrogen) atoms. The van der Waals surface area contributed by atoms with Gasteiger partial charge in [-0.1, -0.05) is 12.1 Å². The summed E-state index contributed by atoms with van der Waals surface area (Å²) < 4.78 is 50.0. The molecule has 0 saturated heterocycles. The summed E-state index contributed by atoms with van der Waals surface area (Å²) in [4.78, 5) is 1.24. The van der Waals surface area contributed by atoms with Crippen LogP contribution in [0.15, 0.2) is 24.3 Å². The SMILES string of the molecule is O[C@@H](CN(CC(F)(F)F)C1CC1)c1ccc(F)cc1. The van der Waals surface area contributed by atoms with E-state index in [1.54, 1.807) is 0 Å². The quantitative estimate of drug-likeness (QED) is 0.837. The molecular formula is C13H15F4NO. The molecule has 2 rings (SSSR count). The molecule has 6 heteroatoms. The second kappa shape index (κ2) is 5.46. The lowest BCUT2D eigenvalue weighted by Gasteiger charge is -2.26. The van der Waals surface area contributed by atoms with Crippen molar-refractivity contribution in [2.75, 3.05) is 13.1 Å². The zero-order valence-corrected chi connectivity index (χ0v) is 10.2. The molecule has 1 atom stereocenters.